The first kappa shape index (κ1) is 15.5. The monoisotopic (exact) mass is 341 g/mol. The highest BCUT2D eigenvalue weighted by Crippen LogP contribution is 2.30. The highest BCUT2D eigenvalue weighted by molar-refractivity contribution is 9.09. The summed E-state index contributed by atoms with van der Waals surface area (Å²) in [7, 11) is 0. The number of carbonyl (C=O) groups excluding carboxylic acids is 1. The fourth-order valence-electron chi connectivity index (χ4n) is 2.95. The fourth-order valence-corrected chi connectivity index (χ4v) is 3.80. The molecule has 0 radical (unpaired) electrons. The quantitative estimate of drug-likeness (QED) is 0.822. The molecule has 0 aromatic heterocycles. The molecule has 0 bridgehead atoms. The van der Waals surface area contributed by atoms with Gasteiger partial charge in [-0.3, -0.25) is 4.79 Å². The first-order valence-corrected chi connectivity index (χ1v) is 8.33. The number of hydrogen-bond donors (Lipinski definition) is 1. The van der Waals surface area contributed by atoms with Gasteiger partial charge in [-0.1, -0.05) is 28.8 Å². The van der Waals surface area contributed by atoms with Crippen LogP contribution in [-0.2, 0) is 0 Å². The molecule has 2 rings (SSSR count). The average Bonchev–Trinajstić information content (AvgIpc) is 2.44. The van der Waals surface area contributed by atoms with Crippen molar-refractivity contribution in [1.29, 1.82) is 0 Å². The number of hydrogen-bond acceptors (Lipinski definition) is 1. The van der Waals surface area contributed by atoms with Gasteiger partial charge in [0.05, 0.1) is 0 Å². The Hall–Kier alpha value is -0.900. The SMILES string of the molecule is Cc1cc(F)cc(C(=O)NCC2CCCCC2CBr)c1. The van der Waals surface area contributed by atoms with Crippen LogP contribution in [0.25, 0.3) is 0 Å². The minimum absolute atomic E-state index is 0.175. The number of nitrogens with one attached hydrogen (secondary N) is 1. The molecule has 0 spiro atoms. The van der Waals surface area contributed by atoms with Gasteiger partial charge in [0, 0.05) is 17.4 Å². The summed E-state index contributed by atoms with van der Waals surface area (Å²) in [6.07, 6.45) is 4.91. The van der Waals surface area contributed by atoms with Crippen molar-refractivity contribution < 1.29 is 9.18 Å². The highest BCUT2D eigenvalue weighted by atomic mass is 79.9. The molecule has 4 heteroatoms. The van der Waals surface area contributed by atoms with E-state index in [2.05, 4.69) is 21.2 Å². The first-order valence-electron chi connectivity index (χ1n) is 7.21. The van der Waals surface area contributed by atoms with Crippen molar-refractivity contribution in [2.75, 3.05) is 11.9 Å². The molecule has 1 N–H and O–H groups in total. The largest absolute Gasteiger partial charge is 0.352 e. The van der Waals surface area contributed by atoms with Crippen molar-refractivity contribution >= 4 is 21.8 Å². The first-order chi connectivity index (χ1) is 9.60. The molecule has 0 saturated heterocycles. The Morgan fingerprint density at radius 3 is 2.65 bits per heavy atom. The molecule has 2 atom stereocenters. The normalized spacial score (nSPS) is 22.6. The number of rotatable bonds is 4. The van der Waals surface area contributed by atoms with E-state index >= 15 is 0 Å². The fraction of sp³-hybridized carbons (Fsp3) is 0.562. The molecule has 1 aliphatic carbocycles. The standard InChI is InChI=1S/C16H21BrFNO/c1-11-6-14(8-15(18)7-11)16(20)19-10-13-5-3-2-4-12(13)9-17/h6-8,12-13H,2-5,9-10H2,1H3,(H,19,20). The lowest BCUT2D eigenvalue weighted by Gasteiger charge is -2.30. The number of carbonyl (C=O) groups is 1. The summed E-state index contributed by atoms with van der Waals surface area (Å²) >= 11 is 3.56. The van der Waals surface area contributed by atoms with Crippen LogP contribution >= 0.6 is 15.9 Å². The van der Waals surface area contributed by atoms with Gasteiger partial charge in [0.25, 0.3) is 5.91 Å². The summed E-state index contributed by atoms with van der Waals surface area (Å²) < 4.78 is 13.3. The van der Waals surface area contributed by atoms with E-state index in [1.165, 1.54) is 37.8 Å². The van der Waals surface area contributed by atoms with Gasteiger partial charge < -0.3 is 5.32 Å². The van der Waals surface area contributed by atoms with Gasteiger partial charge in [-0.15, -0.1) is 0 Å². The number of benzene rings is 1. The molecular weight excluding hydrogens is 321 g/mol. The summed E-state index contributed by atoms with van der Waals surface area (Å²) in [5.74, 6) is 0.637. The Labute approximate surface area is 128 Å². The van der Waals surface area contributed by atoms with Gasteiger partial charge in [0.15, 0.2) is 0 Å². The molecule has 2 unspecified atom stereocenters. The van der Waals surface area contributed by atoms with Gasteiger partial charge >= 0.3 is 0 Å². The Balaban J connectivity index is 1.94. The molecule has 1 fully saturated rings. The zero-order chi connectivity index (χ0) is 14.5. The van der Waals surface area contributed by atoms with Crippen molar-refractivity contribution in [3.63, 3.8) is 0 Å². The van der Waals surface area contributed by atoms with E-state index in [9.17, 15) is 9.18 Å². The maximum Gasteiger partial charge on any atom is 0.251 e. The van der Waals surface area contributed by atoms with Crippen LogP contribution in [0.5, 0.6) is 0 Å². The maximum absolute atomic E-state index is 13.3. The van der Waals surface area contributed by atoms with Gasteiger partial charge in [0.1, 0.15) is 5.82 Å². The molecule has 1 amide bonds. The van der Waals surface area contributed by atoms with E-state index in [4.69, 9.17) is 0 Å². The van der Waals surface area contributed by atoms with Crippen LogP contribution in [0.2, 0.25) is 0 Å². The highest BCUT2D eigenvalue weighted by Gasteiger charge is 2.24. The summed E-state index contributed by atoms with van der Waals surface area (Å²) in [6.45, 7) is 2.48. The third-order valence-corrected chi connectivity index (χ3v) is 4.93. The second kappa shape index (κ2) is 7.21. The summed E-state index contributed by atoms with van der Waals surface area (Å²) in [4.78, 5) is 12.1. The lowest BCUT2D eigenvalue weighted by molar-refractivity contribution is 0.0936. The van der Waals surface area contributed by atoms with E-state index in [0.29, 0.717) is 23.9 Å². The molecule has 1 aromatic carbocycles. The lowest BCUT2D eigenvalue weighted by Crippen LogP contribution is -2.34. The van der Waals surface area contributed by atoms with Crippen LogP contribution in [0.4, 0.5) is 4.39 Å². The Kier molecular flexibility index (Phi) is 5.58. The molecular formula is C16H21BrFNO. The predicted octanol–water partition coefficient (Wildman–Crippen LogP) is 4.07. The number of amides is 1. The van der Waals surface area contributed by atoms with E-state index in [1.807, 2.05) is 0 Å². The Bertz CT molecular complexity index is 457. The van der Waals surface area contributed by atoms with Crippen LogP contribution in [0.1, 0.15) is 41.6 Å². The smallest absolute Gasteiger partial charge is 0.251 e. The molecule has 0 aliphatic heterocycles. The zero-order valence-electron chi connectivity index (χ0n) is 11.8. The van der Waals surface area contributed by atoms with E-state index < -0.39 is 0 Å². The predicted molar refractivity (Wildman–Crippen MR) is 82.7 cm³/mol. The molecule has 1 saturated carbocycles. The summed E-state index contributed by atoms with van der Waals surface area (Å²) in [5, 5.41) is 3.95. The molecule has 110 valence electrons. The van der Waals surface area contributed by atoms with E-state index in [0.717, 1.165) is 10.9 Å². The number of halogens is 2. The molecule has 1 aliphatic rings. The molecule has 20 heavy (non-hydrogen) atoms. The number of alkyl halides is 1. The van der Waals surface area contributed by atoms with Crippen LogP contribution in [0.3, 0.4) is 0 Å². The second-order valence-electron chi connectivity index (χ2n) is 5.69. The van der Waals surface area contributed by atoms with Gasteiger partial charge in [-0.05, 0) is 55.4 Å². The van der Waals surface area contributed by atoms with E-state index in [1.54, 1.807) is 13.0 Å². The van der Waals surface area contributed by atoms with Crippen molar-refractivity contribution in [2.45, 2.75) is 32.6 Å². The van der Waals surface area contributed by atoms with Crippen LogP contribution in [0.15, 0.2) is 18.2 Å². The molecule has 2 nitrogen and oxygen atoms in total. The van der Waals surface area contributed by atoms with Crippen molar-refractivity contribution in [1.82, 2.24) is 5.32 Å². The van der Waals surface area contributed by atoms with E-state index in [-0.39, 0.29) is 11.7 Å². The van der Waals surface area contributed by atoms with Gasteiger partial charge in [0.2, 0.25) is 0 Å². The maximum atomic E-state index is 13.3. The van der Waals surface area contributed by atoms with Crippen LogP contribution < -0.4 is 5.32 Å². The summed E-state index contributed by atoms with van der Waals surface area (Å²) in [5.41, 5.74) is 1.18. The van der Waals surface area contributed by atoms with Gasteiger partial charge in [-0.25, -0.2) is 4.39 Å². The van der Waals surface area contributed by atoms with Crippen LogP contribution in [0, 0.1) is 24.6 Å². The Morgan fingerprint density at radius 2 is 2.00 bits per heavy atom. The van der Waals surface area contributed by atoms with Gasteiger partial charge in [-0.2, -0.15) is 0 Å². The third-order valence-electron chi connectivity index (χ3n) is 4.09. The number of aryl methyl sites for hydroxylation is 1. The van der Waals surface area contributed by atoms with Crippen LogP contribution in [-0.4, -0.2) is 17.8 Å². The molecule has 0 heterocycles. The van der Waals surface area contributed by atoms with Crippen molar-refractivity contribution in [3.8, 4) is 0 Å². The third kappa shape index (κ3) is 4.05. The molecule has 1 aromatic rings. The zero-order valence-corrected chi connectivity index (χ0v) is 13.4. The minimum atomic E-state index is -0.355. The average molecular weight is 342 g/mol. The topological polar surface area (TPSA) is 29.1 Å². The van der Waals surface area contributed by atoms with Crippen molar-refractivity contribution in [3.05, 3.63) is 35.1 Å². The minimum Gasteiger partial charge on any atom is -0.352 e. The summed E-state index contributed by atoms with van der Waals surface area (Å²) in [6, 6.07) is 4.45. The van der Waals surface area contributed by atoms with Crippen molar-refractivity contribution in [2.24, 2.45) is 11.8 Å². The second-order valence-corrected chi connectivity index (χ2v) is 6.33. The Morgan fingerprint density at radius 1 is 1.30 bits per heavy atom. The lowest BCUT2D eigenvalue weighted by atomic mass is 9.80.